The molecule has 1 aromatic carbocycles. The Labute approximate surface area is 122 Å². The molecule has 0 unspecified atom stereocenters. The SMILES string of the molecule is O=C(Nc1cccc(Br)n1)c1cc(Cl)cc(Cl)c1. The van der Waals surface area contributed by atoms with E-state index in [1.807, 2.05) is 0 Å². The molecule has 1 N–H and O–H groups in total. The summed E-state index contributed by atoms with van der Waals surface area (Å²) in [7, 11) is 0. The Morgan fingerprint density at radius 2 is 1.83 bits per heavy atom. The molecule has 2 aromatic rings. The summed E-state index contributed by atoms with van der Waals surface area (Å²) in [5.74, 6) is 0.135. The molecule has 0 aliphatic carbocycles. The number of amides is 1. The fourth-order valence-electron chi connectivity index (χ4n) is 1.35. The highest BCUT2D eigenvalue weighted by Crippen LogP contribution is 2.20. The molecular weight excluding hydrogens is 339 g/mol. The van der Waals surface area contributed by atoms with E-state index in [2.05, 4.69) is 26.2 Å². The number of nitrogens with zero attached hydrogens (tertiary/aromatic N) is 1. The molecule has 3 nitrogen and oxygen atoms in total. The third-order valence-corrected chi connectivity index (χ3v) is 2.96. The molecule has 0 spiro atoms. The molecule has 1 aromatic heterocycles. The van der Waals surface area contributed by atoms with Gasteiger partial charge < -0.3 is 5.32 Å². The van der Waals surface area contributed by atoms with E-state index in [9.17, 15) is 4.79 Å². The van der Waals surface area contributed by atoms with Gasteiger partial charge in [-0.3, -0.25) is 4.79 Å². The Balaban J connectivity index is 2.22. The maximum atomic E-state index is 11.9. The molecule has 1 amide bonds. The fourth-order valence-corrected chi connectivity index (χ4v) is 2.22. The molecule has 1 heterocycles. The van der Waals surface area contributed by atoms with Crippen molar-refractivity contribution in [1.82, 2.24) is 4.98 Å². The van der Waals surface area contributed by atoms with E-state index in [1.165, 1.54) is 0 Å². The monoisotopic (exact) mass is 344 g/mol. The van der Waals surface area contributed by atoms with Crippen molar-refractivity contribution >= 4 is 50.9 Å². The van der Waals surface area contributed by atoms with E-state index in [4.69, 9.17) is 23.2 Å². The van der Waals surface area contributed by atoms with E-state index < -0.39 is 0 Å². The smallest absolute Gasteiger partial charge is 0.256 e. The molecule has 0 aliphatic rings. The van der Waals surface area contributed by atoms with Gasteiger partial charge in [0, 0.05) is 15.6 Å². The second-order valence-electron chi connectivity index (χ2n) is 3.46. The van der Waals surface area contributed by atoms with Crippen molar-refractivity contribution < 1.29 is 4.79 Å². The van der Waals surface area contributed by atoms with Crippen molar-refractivity contribution in [2.45, 2.75) is 0 Å². The predicted molar refractivity (Wildman–Crippen MR) is 76.4 cm³/mol. The number of aromatic nitrogens is 1. The minimum atomic E-state index is -0.315. The van der Waals surface area contributed by atoms with Crippen molar-refractivity contribution in [2.75, 3.05) is 5.32 Å². The summed E-state index contributed by atoms with van der Waals surface area (Å²) < 4.78 is 0.643. The van der Waals surface area contributed by atoms with Crippen LogP contribution in [0.4, 0.5) is 5.82 Å². The van der Waals surface area contributed by atoms with Gasteiger partial charge in [0.25, 0.3) is 5.91 Å². The maximum Gasteiger partial charge on any atom is 0.256 e. The summed E-state index contributed by atoms with van der Waals surface area (Å²) in [5, 5.41) is 3.48. The Kier molecular flexibility index (Phi) is 4.22. The van der Waals surface area contributed by atoms with Crippen molar-refractivity contribution in [1.29, 1.82) is 0 Å². The van der Waals surface area contributed by atoms with Crippen LogP contribution in [-0.4, -0.2) is 10.9 Å². The van der Waals surface area contributed by atoms with Crippen molar-refractivity contribution in [2.24, 2.45) is 0 Å². The first-order chi connectivity index (χ1) is 8.54. The number of hydrogen-bond donors (Lipinski definition) is 1. The normalized spacial score (nSPS) is 10.2. The van der Waals surface area contributed by atoms with E-state index in [-0.39, 0.29) is 5.91 Å². The Morgan fingerprint density at radius 1 is 1.17 bits per heavy atom. The van der Waals surface area contributed by atoms with Crippen LogP contribution >= 0.6 is 39.1 Å². The average Bonchev–Trinajstić information content (AvgIpc) is 2.27. The van der Waals surface area contributed by atoms with Gasteiger partial charge in [0.1, 0.15) is 10.4 Å². The van der Waals surface area contributed by atoms with Gasteiger partial charge in [-0.05, 0) is 46.3 Å². The van der Waals surface area contributed by atoms with E-state index >= 15 is 0 Å². The highest BCUT2D eigenvalue weighted by atomic mass is 79.9. The highest BCUT2D eigenvalue weighted by Gasteiger charge is 2.09. The number of benzene rings is 1. The molecule has 6 heteroatoms. The van der Waals surface area contributed by atoms with Gasteiger partial charge in [0.05, 0.1) is 0 Å². The number of anilines is 1. The summed E-state index contributed by atoms with van der Waals surface area (Å²) in [6.45, 7) is 0. The number of carbonyl (C=O) groups excluding carboxylic acids is 1. The Hall–Kier alpha value is -1.10. The van der Waals surface area contributed by atoms with E-state index in [1.54, 1.807) is 36.4 Å². The highest BCUT2D eigenvalue weighted by molar-refractivity contribution is 9.10. The lowest BCUT2D eigenvalue weighted by Crippen LogP contribution is -2.12. The van der Waals surface area contributed by atoms with Crippen LogP contribution < -0.4 is 5.32 Å². The lowest BCUT2D eigenvalue weighted by Gasteiger charge is -2.05. The van der Waals surface area contributed by atoms with Gasteiger partial charge in [-0.15, -0.1) is 0 Å². The summed E-state index contributed by atoms with van der Waals surface area (Å²) in [6.07, 6.45) is 0. The van der Waals surface area contributed by atoms with Crippen LogP contribution in [0.1, 0.15) is 10.4 Å². The molecule has 0 atom stereocenters. The van der Waals surface area contributed by atoms with Gasteiger partial charge >= 0.3 is 0 Å². The zero-order valence-electron chi connectivity index (χ0n) is 8.95. The summed E-state index contributed by atoms with van der Waals surface area (Å²) >= 11 is 14.9. The van der Waals surface area contributed by atoms with Crippen molar-refractivity contribution in [3.63, 3.8) is 0 Å². The number of pyridine rings is 1. The molecule has 0 aliphatic heterocycles. The summed E-state index contributed by atoms with van der Waals surface area (Å²) in [6, 6.07) is 9.89. The van der Waals surface area contributed by atoms with Gasteiger partial charge in [-0.1, -0.05) is 29.3 Å². The Bertz CT molecular complexity index is 584. The largest absolute Gasteiger partial charge is 0.307 e. The molecule has 0 fully saturated rings. The fraction of sp³-hybridized carbons (Fsp3) is 0. The standard InChI is InChI=1S/C12H7BrCl2N2O/c13-10-2-1-3-11(16-10)17-12(18)7-4-8(14)6-9(15)5-7/h1-6H,(H,16,17,18). The summed E-state index contributed by atoms with van der Waals surface area (Å²) in [4.78, 5) is 16.0. The topological polar surface area (TPSA) is 42.0 Å². The molecule has 2 rings (SSSR count). The number of nitrogens with one attached hydrogen (secondary N) is 1. The maximum absolute atomic E-state index is 11.9. The van der Waals surface area contributed by atoms with Crippen molar-refractivity contribution in [3.8, 4) is 0 Å². The first kappa shape index (κ1) is 13.3. The third-order valence-electron chi connectivity index (χ3n) is 2.08. The lowest BCUT2D eigenvalue weighted by molar-refractivity contribution is 0.102. The molecule has 0 radical (unpaired) electrons. The molecule has 18 heavy (non-hydrogen) atoms. The van der Waals surface area contributed by atoms with Crippen LogP contribution in [0.15, 0.2) is 41.0 Å². The first-order valence-electron chi connectivity index (χ1n) is 4.94. The van der Waals surface area contributed by atoms with Gasteiger partial charge in [-0.25, -0.2) is 4.98 Å². The van der Waals surface area contributed by atoms with E-state index in [0.29, 0.717) is 26.0 Å². The molecule has 0 saturated carbocycles. The van der Waals surface area contributed by atoms with Crippen molar-refractivity contribution in [3.05, 3.63) is 56.6 Å². The molecule has 0 bridgehead atoms. The van der Waals surface area contributed by atoms with E-state index in [0.717, 1.165) is 0 Å². The minimum Gasteiger partial charge on any atom is -0.307 e. The quantitative estimate of drug-likeness (QED) is 0.819. The molecular formula is C12H7BrCl2N2O. The zero-order chi connectivity index (χ0) is 13.1. The van der Waals surface area contributed by atoms with Gasteiger partial charge in [0.15, 0.2) is 0 Å². The number of hydrogen-bond acceptors (Lipinski definition) is 2. The van der Waals surface area contributed by atoms with Crippen LogP contribution in [0, 0.1) is 0 Å². The Morgan fingerprint density at radius 3 is 2.44 bits per heavy atom. The van der Waals surface area contributed by atoms with Gasteiger partial charge in [0.2, 0.25) is 0 Å². The molecule has 0 saturated heterocycles. The average molecular weight is 346 g/mol. The van der Waals surface area contributed by atoms with Crippen LogP contribution in [0.2, 0.25) is 10.0 Å². The number of carbonyl (C=O) groups is 1. The third kappa shape index (κ3) is 3.45. The lowest BCUT2D eigenvalue weighted by atomic mass is 10.2. The first-order valence-corrected chi connectivity index (χ1v) is 6.49. The molecule has 92 valence electrons. The van der Waals surface area contributed by atoms with Gasteiger partial charge in [-0.2, -0.15) is 0 Å². The second-order valence-corrected chi connectivity index (χ2v) is 5.14. The minimum absolute atomic E-state index is 0.315. The summed E-state index contributed by atoms with van der Waals surface area (Å²) in [5.41, 5.74) is 0.384. The second kappa shape index (κ2) is 5.69. The van der Waals surface area contributed by atoms with Crippen LogP contribution in [0.5, 0.6) is 0 Å². The van der Waals surface area contributed by atoms with Crippen LogP contribution in [0.3, 0.4) is 0 Å². The number of rotatable bonds is 2. The zero-order valence-corrected chi connectivity index (χ0v) is 12.1. The number of halogens is 3. The van der Waals surface area contributed by atoms with Crippen LogP contribution in [-0.2, 0) is 0 Å². The van der Waals surface area contributed by atoms with Crippen LogP contribution in [0.25, 0.3) is 0 Å². The predicted octanol–water partition coefficient (Wildman–Crippen LogP) is 4.40.